The number of hydrogen-bond acceptors (Lipinski definition) is 2. The second kappa shape index (κ2) is 7.44. The molecule has 1 aliphatic rings. The van der Waals surface area contributed by atoms with Gasteiger partial charge in [-0.15, -0.1) is 0 Å². The van der Waals surface area contributed by atoms with E-state index in [1.165, 1.54) is 5.56 Å². The Balaban J connectivity index is 1.99. The molecule has 0 amide bonds. The number of benzene rings is 1. The highest BCUT2D eigenvalue weighted by molar-refractivity contribution is 5.70. The van der Waals surface area contributed by atoms with Crippen molar-refractivity contribution in [2.45, 2.75) is 38.5 Å². The van der Waals surface area contributed by atoms with Crippen molar-refractivity contribution < 1.29 is 9.90 Å². The molecule has 2 rings (SSSR count). The Labute approximate surface area is 121 Å². The van der Waals surface area contributed by atoms with Gasteiger partial charge >= 0.3 is 5.97 Å². The molecule has 1 fully saturated rings. The van der Waals surface area contributed by atoms with Crippen LogP contribution in [0.3, 0.4) is 0 Å². The van der Waals surface area contributed by atoms with Crippen molar-refractivity contribution in [3.8, 4) is 0 Å². The first-order chi connectivity index (χ1) is 9.70. The first-order valence-electron chi connectivity index (χ1n) is 7.70. The highest BCUT2D eigenvalue weighted by atomic mass is 16.4. The summed E-state index contributed by atoms with van der Waals surface area (Å²) in [7, 11) is 0. The number of carboxylic acid groups (broad SMARTS) is 1. The summed E-state index contributed by atoms with van der Waals surface area (Å²) in [4.78, 5) is 13.5. The lowest BCUT2D eigenvalue weighted by Crippen LogP contribution is -2.40. The first kappa shape index (κ1) is 15.0. The number of carboxylic acids is 1. The van der Waals surface area contributed by atoms with Gasteiger partial charge in [0, 0.05) is 13.1 Å². The topological polar surface area (TPSA) is 40.5 Å². The third-order valence-corrected chi connectivity index (χ3v) is 4.24. The Bertz CT molecular complexity index is 418. The Hall–Kier alpha value is -1.35. The fourth-order valence-corrected chi connectivity index (χ4v) is 3.17. The van der Waals surface area contributed by atoms with E-state index in [9.17, 15) is 9.90 Å². The lowest BCUT2D eigenvalue weighted by molar-refractivity contribution is -0.143. The van der Waals surface area contributed by atoms with Gasteiger partial charge in [-0.2, -0.15) is 0 Å². The van der Waals surface area contributed by atoms with Crippen LogP contribution in [0.5, 0.6) is 0 Å². The van der Waals surface area contributed by atoms with Crippen molar-refractivity contribution in [1.29, 1.82) is 0 Å². The van der Waals surface area contributed by atoms with Crippen LogP contribution in [0.1, 0.15) is 44.1 Å². The fraction of sp³-hybridized carbons (Fsp3) is 0.588. The van der Waals surface area contributed by atoms with Crippen molar-refractivity contribution in [2.24, 2.45) is 5.92 Å². The maximum atomic E-state index is 11.2. The van der Waals surface area contributed by atoms with E-state index >= 15 is 0 Å². The zero-order chi connectivity index (χ0) is 14.4. The molecule has 1 heterocycles. The van der Waals surface area contributed by atoms with Crippen LogP contribution >= 0.6 is 0 Å². The molecule has 2 unspecified atom stereocenters. The van der Waals surface area contributed by atoms with Crippen LogP contribution in [0.15, 0.2) is 30.3 Å². The molecule has 2 atom stereocenters. The second-order valence-corrected chi connectivity index (χ2v) is 5.83. The maximum absolute atomic E-state index is 11.2. The third-order valence-electron chi connectivity index (χ3n) is 4.24. The monoisotopic (exact) mass is 275 g/mol. The summed E-state index contributed by atoms with van der Waals surface area (Å²) in [6.07, 6.45) is 4.16. The number of likely N-dealkylation sites (tertiary alicyclic amines) is 1. The molecule has 1 N–H and O–H groups in total. The molecular weight excluding hydrogens is 250 g/mol. The predicted molar refractivity (Wildman–Crippen MR) is 80.9 cm³/mol. The first-order valence-corrected chi connectivity index (χ1v) is 7.70. The van der Waals surface area contributed by atoms with Crippen LogP contribution in [-0.2, 0) is 4.79 Å². The molecule has 20 heavy (non-hydrogen) atoms. The standard InChI is InChI=1S/C17H25NO2/c1-2-7-15(14-8-4-3-5-9-14)12-18-11-6-10-16(13-18)17(19)20/h3-5,8-9,15-16H,2,6-7,10-13H2,1H3,(H,19,20). The van der Waals surface area contributed by atoms with Gasteiger partial charge in [-0.1, -0.05) is 43.7 Å². The number of hydrogen-bond donors (Lipinski definition) is 1. The number of piperidine rings is 1. The highest BCUT2D eigenvalue weighted by Crippen LogP contribution is 2.25. The molecule has 1 saturated heterocycles. The van der Waals surface area contributed by atoms with E-state index in [0.717, 1.165) is 38.8 Å². The summed E-state index contributed by atoms with van der Waals surface area (Å²) < 4.78 is 0. The van der Waals surface area contributed by atoms with E-state index in [-0.39, 0.29) is 5.92 Å². The van der Waals surface area contributed by atoms with Crippen LogP contribution in [0, 0.1) is 5.92 Å². The maximum Gasteiger partial charge on any atom is 0.307 e. The van der Waals surface area contributed by atoms with E-state index in [0.29, 0.717) is 12.5 Å². The largest absolute Gasteiger partial charge is 0.481 e. The molecule has 0 saturated carbocycles. The fourth-order valence-electron chi connectivity index (χ4n) is 3.17. The van der Waals surface area contributed by atoms with Gasteiger partial charge in [0.1, 0.15) is 0 Å². The minimum atomic E-state index is -0.638. The van der Waals surface area contributed by atoms with Crippen LogP contribution in [0.25, 0.3) is 0 Å². The number of nitrogens with zero attached hydrogens (tertiary/aromatic N) is 1. The summed E-state index contributed by atoms with van der Waals surface area (Å²) in [5.41, 5.74) is 1.38. The molecule has 1 aliphatic heterocycles. The highest BCUT2D eigenvalue weighted by Gasteiger charge is 2.26. The minimum absolute atomic E-state index is 0.179. The molecule has 0 radical (unpaired) electrons. The molecule has 1 aromatic rings. The van der Waals surface area contributed by atoms with Gasteiger partial charge in [0.05, 0.1) is 5.92 Å². The Morgan fingerprint density at radius 1 is 1.40 bits per heavy atom. The third kappa shape index (κ3) is 4.07. The summed E-state index contributed by atoms with van der Waals surface area (Å²) >= 11 is 0. The summed E-state index contributed by atoms with van der Waals surface area (Å²) in [6.45, 7) is 4.95. The van der Waals surface area contributed by atoms with Crippen LogP contribution < -0.4 is 0 Å². The molecule has 0 aromatic heterocycles. The van der Waals surface area contributed by atoms with E-state index in [1.54, 1.807) is 0 Å². The molecule has 3 nitrogen and oxygen atoms in total. The van der Waals surface area contributed by atoms with Crippen molar-refractivity contribution in [1.82, 2.24) is 4.90 Å². The zero-order valence-electron chi connectivity index (χ0n) is 12.3. The van der Waals surface area contributed by atoms with Crippen LogP contribution in [0.4, 0.5) is 0 Å². The smallest absolute Gasteiger partial charge is 0.307 e. The average Bonchev–Trinajstić information content (AvgIpc) is 2.48. The lowest BCUT2D eigenvalue weighted by Gasteiger charge is -2.33. The quantitative estimate of drug-likeness (QED) is 0.865. The molecule has 0 spiro atoms. The van der Waals surface area contributed by atoms with Gasteiger partial charge in [-0.05, 0) is 37.3 Å². The predicted octanol–water partition coefficient (Wildman–Crippen LogP) is 3.37. The normalized spacial score (nSPS) is 21.6. The number of rotatable bonds is 6. The minimum Gasteiger partial charge on any atom is -0.481 e. The molecule has 110 valence electrons. The molecular formula is C17H25NO2. The summed E-state index contributed by atoms with van der Waals surface area (Å²) in [6, 6.07) is 10.6. The Morgan fingerprint density at radius 3 is 2.80 bits per heavy atom. The van der Waals surface area contributed by atoms with Gasteiger partial charge in [0.25, 0.3) is 0 Å². The van der Waals surface area contributed by atoms with Crippen molar-refractivity contribution >= 4 is 5.97 Å². The molecule has 3 heteroatoms. The second-order valence-electron chi connectivity index (χ2n) is 5.83. The summed E-state index contributed by atoms with van der Waals surface area (Å²) in [5, 5.41) is 9.18. The molecule has 0 bridgehead atoms. The van der Waals surface area contributed by atoms with Crippen LogP contribution in [0.2, 0.25) is 0 Å². The van der Waals surface area contributed by atoms with E-state index in [1.807, 2.05) is 6.07 Å². The SMILES string of the molecule is CCCC(CN1CCCC(C(=O)O)C1)c1ccccc1. The van der Waals surface area contributed by atoms with Crippen molar-refractivity contribution in [2.75, 3.05) is 19.6 Å². The van der Waals surface area contributed by atoms with Gasteiger partial charge in [0.2, 0.25) is 0 Å². The Morgan fingerprint density at radius 2 is 2.15 bits per heavy atom. The molecule has 1 aromatic carbocycles. The van der Waals surface area contributed by atoms with Crippen LogP contribution in [-0.4, -0.2) is 35.6 Å². The number of carbonyl (C=O) groups is 1. The van der Waals surface area contributed by atoms with Crippen molar-refractivity contribution in [3.05, 3.63) is 35.9 Å². The Kier molecular flexibility index (Phi) is 5.60. The van der Waals surface area contributed by atoms with Gasteiger partial charge in [0.15, 0.2) is 0 Å². The van der Waals surface area contributed by atoms with E-state index < -0.39 is 5.97 Å². The van der Waals surface area contributed by atoms with Gasteiger partial charge in [-0.25, -0.2) is 0 Å². The zero-order valence-corrected chi connectivity index (χ0v) is 12.3. The van der Waals surface area contributed by atoms with Crippen molar-refractivity contribution in [3.63, 3.8) is 0 Å². The van der Waals surface area contributed by atoms with E-state index in [4.69, 9.17) is 0 Å². The van der Waals surface area contributed by atoms with Gasteiger partial charge in [-0.3, -0.25) is 4.79 Å². The molecule has 0 aliphatic carbocycles. The summed E-state index contributed by atoms with van der Waals surface area (Å²) in [5.74, 6) is -0.294. The average molecular weight is 275 g/mol. The van der Waals surface area contributed by atoms with E-state index in [2.05, 4.69) is 36.1 Å². The van der Waals surface area contributed by atoms with Gasteiger partial charge < -0.3 is 10.0 Å². The number of aliphatic carboxylic acids is 1. The lowest BCUT2D eigenvalue weighted by atomic mass is 9.91.